The predicted octanol–water partition coefficient (Wildman–Crippen LogP) is 5.60. The molecule has 0 aliphatic heterocycles. The molecule has 2 aromatic carbocycles. The van der Waals surface area contributed by atoms with Gasteiger partial charge in [0.25, 0.3) is 0 Å². The molecule has 0 spiro atoms. The van der Waals surface area contributed by atoms with Gasteiger partial charge in [-0.1, -0.05) is 17.3 Å². The van der Waals surface area contributed by atoms with Crippen LogP contribution in [0.25, 0.3) is 16.8 Å². The van der Waals surface area contributed by atoms with Crippen molar-refractivity contribution in [3.63, 3.8) is 0 Å². The second kappa shape index (κ2) is 10.9. The monoisotopic (exact) mass is 565 g/mol. The van der Waals surface area contributed by atoms with Gasteiger partial charge in [0.1, 0.15) is 17.4 Å². The van der Waals surface area contributed by atoms with Gasteiger partial charge in [-0.2, -0.15) is 13.2 Å². The number of halogens is 4. The molecular formula is C26H19F4N9O2. The van der Waals surface area contributed by atoms with E-state index in [0.29, 0.717) is 22.6 Å². The minimum atomic E-state index is -4.63. The van der Waals surface area contributed by atoms with Crippen LogP contribution in [-0.2, 0) is 6.18 Å². The lowest BCUT2D eigenvalue weighted by molar-refractivity contribution is -0.137. The van der Waals surface area contributed by atoms with Gasteiger partial charge in [-0.05, 0) is 48.9 Å². The van der Waals surface area contributed by atoms with Gasteiger partial charge >= 0.3 is 18.2 Å². The predicted molar refractivity (Wildman–Crippen MR) is 140 cm³/mol. The molecule has 0 atom stereocenters. The first-order valence-electron chi connectivity index (χ1n) is 11.7. The van der Waals surface area contributed by atoms with Crippen molar-refractivity contribution >= 4 is 23.2 Å². The molecule has 0 aliphatic carbocycles. The number of ether oxygens (including phenoxy) is 1. The minimum Gasteiger partial charge on any atom is -0.424 e. The lowest BCUT2D eigenvalue weighted by Crippen LogP contribution is -2.21. The van der Waals surface area contributed by atoms with Crippen molar-refractivity contribution in [1.29, 1.82) is 0 Å². The number of alkyl halides is 3. The summed E-state index contributed by atoms with van der Waals surface area (Å²) in [5, 5.41) is 12.5. The summed E-state index contributed by atoms with van der Waals surface area (Å²) < 4.78 is 60.4. The Bertz CT molecular complexity index is 1710. The number of hydrogen-bond acceptors (Lipinski definition) is 8. The van der Waals surface area contributed by atoms with Crippen LogP contribution >= 0.6 is 0 Å². The number of benzene rings is 2. The van der Waals surface area contributed by atoms with E-state index in [4.69, 9.17) is 10.5 Å². The molecule has 5 aromatic rings. The molecule has 15 heteroatoms. The SMILES string of the molecule is Cc1cnnn1-c1ccc(C(F)(F)F)cc1NC(=O)Nc1cnc(Oc2ccc(-c3cc(F)cnc3N)cc2)nc1. The molecule has 0 fully saturated rings. The van der Waals surface area contributed by atoms with Crippen LogP contribution in [0.15, 0.2) is 73.3 Å². The number of carbonyl (C=O) groups excluding carboxylic acids is 1. The van der Waals surface area contributed by atoms with Crippen LogP contribution in [0, 0.1) is 12.7 Å². The summed E-state index contributed by atoms with van der Waals surface area (Å²) in [4.78, 5) is 24.5. The van der Waals surface area contributed by atoms with E-state index in [-0.39, 0.29) is 28.9 Å². The summed E-state index contributed by atoms with van der Waals surface area (Å²) in [6, 6.07) is 9.77. The molecule has 0 aliphatic rings. The number of carbonyl (C=O) groups is 1. The van der Waals surface area contributed by atoms with Crippen molar-refractivity contribution in [2.45, 2.75) is 13.1 Å². The van der Waals surface area contributed by atoms with Gasteiger partial charge in [0, 0.05) is 5.56 Å². The van der Waals surface area contributed by atoms with Gasteiger partial charge in [-0.3, -0.25) is 0 Å². The number of anilines is 3. The van der Waals surface area contributed by atoms with Gasteiger partial charge < -0.3 is 21.1 Å². The molecule has 208 valence electrons. The Hall–Kier alpha value is -5.60. The van der Waals surface area contributed by atoms with Crippen LogP contribution in [-0.4, -0.2) is 36.0 Å². The summed E-state index contributed by atoms with van der Waals surface area (Å²) >= 11 is 0. The number of nitrogens with two attached hydrogens (primary N) is 1. The number of aryl methyl sites for hydroxylation is 1. The Balaban J connectivity index is 1.26. The smallest absolute Gasteiger partial charge is 0.416 e. The summed E-state index contributed by atoms with van der Waals surface area (Å²) in [5.74, 6) is 0.0230. The maximum Gasteiger partial charge on any atom is 0.416 e. The number of rotatable bonds is 6. The highest BCUT2D eigenvalue weighted by atomic mass is 19.4. The topological polar surface area (TPSA) is 146 Å². The maximum absolute atomic E-state index is 13.5. The third kappa shape index (κ3) is 6.19. The Morgan fingerprint density at radius 2 is 1.68 bits per heavy atom. The van der Waals surface area contributed by atoms with Crippen molar-refractivity contribution in [1.82, 2.24) is 29.9 Å². The van der Waals surface area contributed by atoms with Crippen LogP contribution < -0.4 is 21.1 Å². The van der Waals surface area contributed by atoms with Crippen LogP contribution in [0.2, 0.25) is 0 Å². The van der Waals surface area contributed by atoms with E-state index in [9.17, 15) is 22.4 Å². The zero-order valence-electron chi connectivity index (χ0n) is 21.0. The quantitative estimate of drug-likeness (QED) is 0.226. The largest absolute Gasteiger partial charge is 0.424 e. The third-order valence-electron chi connectivity index (χ3n) is 5.67. The van der Waals surface area contributed by atoms with Crippen molar-refractivity contribution in [3.05, 3.63) is 90.4 Å². The summed E-state index contributed by atoms with van der Waals surface area (Å²) in [6.07, 6.45) is 0.331. The van der Waals surface area contributed by atoms with Crippen LogP contribution in [0.3, 0.4) is 0 Å². The lowest BCUT2D eigenvalue weighted by atomic mass is 10.1. The first kappa shape index (κ1) is 27.0. The van der Waals surface area contributed by atoms with E-state index in [1.807, 2.05) is 0 Å². The van der Waals surface area contributed by atoms with Crippen LogP contribution in [0.5, 0.6) is 11.8 Å². The zero-order valence-corrected chi connectivity index (χ0v) is 21.0. The van der Waals surface area contributed by atoms with Gasteiger partial charge in [-0.15, -0.1) is 5.10 Å². The number of nitrogens with zero attached hydrogens (tertiary/aromatic N) is 6. The van der Waals surface area contributed by atoms with Crippen molar-refractivity contribution in [2.24, 2.45) is 0 Å². The van der Waals surface area contributed by atoms with Crippen LogP contribution in [0.1, 0.15) is 11.3 Å². The van der Waals surface area contributed by atoms with E-state index in [1.54, 1.807) is 31.2 Å². The molecular weight excluding hydrogens is 546 g/mol. The van der Waals surface area contributed by atoms with E-state index >= 15 is 0 Å². The summed E-state index contributed by atoms with van der Waals surface area (Å²) in [7, 11) is 0. The average molecular weight is 565 g/mol. The molecule has 3 aromatic heterocycles. The number of urea groups is 1. The molecule has 3 heterocycles. The molecule has 4 N–H and O–H groups in total. The van der Waals surface area contributed by atoms with Crippen LogP contribution in [0.4, 0.5) is 39.5 Å². The summed E-state index contributed by atoms with van der Waals surface area (Å²) in [5.41, 5.74) is 6.64. The van der Waals surface area contributed by atoms with E-state index in [1.165, 1.54) is 35.4 Å². The van der Waals surface area contributed by atoms with Crippen molar-refractivity contribution in [2.75, 3.05) is 16.4 Å². The average Bonchev–Trinajstić information content (AvgIpc) is 3.36. The minimum absolute atomic E-state index is 0.0440. The van der Waals surface area contributed by atoms with E-state index < -0.39 is 23.6 Å². The van der Waals surface area contributed by atoms with Crippen molar-refractivity contribution < 1.29 is 27.1 Å². The number of amides is 2. The van der Waals surface area contributed by atoms with E-state index in [0.717, 1.165) is 18.3 Å². The number of nitrogen functional groups attached to an aromatic ring is 1. The highest BCUT2D eigenvalue weighted by molar-refractivity contribution is 6.01. The normalized spacial score (nSPS) is 11.2. The van der Waals surface area contributed by atoms with Gasteiger partial charge in [0.15, 0.2) is 0 Å². The Kier molecular flexibility index (Phi) is 7.16. The fourth-order valence-corrected chi connectivity index (χ4v) is 3.73. The number of hydrogen-bond donors (Lipinski definition) is 3. The fraction of sp³-hybridized carbons (Fsp3) is 0.0769. The van der Waals surface area contributed by atoms with Gasteiger partial charge in [-0.25, -0.2) is 28.8 Å². The van der Waals surface area contributed by atoms with Gasteiger partial charge in [0.2, 0.25) is 0 Å². The zero-order chi connectivity index (χ0) is 29.1. The molecule has 11 nitrogen and oxygen atoms in total. The summed E-state index contributed by atoms with van der Waals surface area (Å²) in [6.45, 7) is 1.66. The third-order valence-corrected chi connectivity index (χ3v) is 5.67. The first-order valence-corrected chi connectivity index (χ1v) is 11.7. The molecule has 41 heavy (non-hydrogen) atoms. The number of aromatic nitrogens is 6. The molecule has 0 radical (unpaired) electrons. The van der Waals surface area contributed by atoms with Crippen molar-refractivity contribution in [3.8, 4) is 28.6 Å². The van der Waals surface area contributed by atoms with E-state index in [2.05, 4.69) is 35.9 Å². The molecule has 0 bridgehead atoms. The molecule has 0 saturated carbocycles. The maximum atomic E-state index is 13.5. The lowest BCUT2D eigenvalue weighted by Gasteiger charge is -2.15. The standard InChI is InChI=1S/C26H19F4N9O2/c1-14-10-35-38-39(14)22-7-4-16(26(28,29)30)8-21(22)37-24(40)36-18-12-33-25(34-13-18)41-19-5-2-15(3-6-19)20-9-17(27)11-32-23(20)31/h2-13H,1H3,(H2,31,32)(H2,36,37,40). The second-order valence-corrected chi connectivity index (χ2v) is 8.56. The Labute approximate surface area is 229 Å². The second-order valence-electron chi connectivity index (χ2n) is 8.56. The Morgan fingerprint density at radius 1 is 0.951 bits per heavy atom. The molecule has 5 rings (SSSR count). The molecule has 0 saturated heterocycles. The molecule has 2 amide bonds. The Morgan fingerprint density at radius 3 is 2.34 bits per heavy atom. The first-order chi connectivity index (χ1) is 19.6. The highest BCUT2D eigenvalue weighted by Gasteiger charge is 2.31. The number of pyridine rings is 1. The molecule has 0 unspecified atom stereocenters. The van der Waals surface area contributed by atoms with Gasteiger partial charge in [0.05, 0.1) is 53.1 Å². The fourth-order valence-electron chi connectivity index (χ4n) is 3.73. The number of nitrogens with one attached hydrogen (secondary N) is 2. The highest BCUT2D eigenvalue weighted by Crippen LogP contribution is 2.34.